The summed E-state index contributed by atoms with van der Waals surface area (Å²) in [6.45, 7) is -0.932. The molecule has 1 heterocycles. The average Bonchev–Trinajstić information content (AvgIpc) is 3.01. The first-order chi connectivity index (χ1) is 10.9. The Morgan fingerprint density at radius 3 is 2.78 bits per heavy atom. The normalized spacial score (nSPS) is 18.7. The van der Waals surface area contributed by atoms with Crippen molar-refractivity contribution in [1.82, 2.24) is 20.2 Å². The highest BCUT2D eigenvalue weighted by atomic mass is 19.3. The molecule has 1 aliphatic carbocycles. The van der Waals surface area contributed by atoms with Gasteiger partial charge in [0.1, 0.15) is 5.82 Å². The van der Waals surface area contributed by atoms with E-state index in [1.54, 1.807) is 6.92 Å². The maximum absolute atomic E-state index is 12.7. The number of nitrogens with one attached hydrogen (secondary N) is 2. The Labute approximate surface area is 134 Å². The third kappa shape index (κ3) is 4.89. The fourth-order valence-electron chi connectivity index (χ4n) is 3.01. The minimum Gasteiger partial charge on any atom is -0.388 e. The van der Waals surface area contributed by atoms with Crippen molar-refractivity contribution in [2.75, 3.05) is 6.54 Å². The molecule has 130 valence electrons. The molecule has 6 nitrogen and oxygen atoms in total. The van der Waals surface area contributed by atoms with Crippen molar-refractivity contribution in [3.8, 4) is 0 Å². The van der Waals surface area contributed by atoms with Crippen LogP contribution in [0.5, 0.6) is 0 Å². The van der Waals surface area contributed by atoms with Gasteiger partial charge in [-0.2, -0.15) is 8.78 Å². The molecule has 1 aromatic heterocycles. The maximum atomic E-state index is 12.7. The molecule has 0 aromatic carbocycles. The Morgan fingerprint density at radius 1 is 1.43 bits per heavy atom. The van der Waals surface area contributed by atoms with E-state index in [4.69, 9.17) is 0 Å². The zero-order valence-corrected chi connectivity index (χ0v) is 13.3. The van der Waals surface area contributed by atoms with Crippen molar-refractivity contribution in [2.45, 2.75) is 57.7 Å². The molecular weight excluding hydrogens is 306 g/mol. The summed E-state index contributed by atoms with van der Waals surface area (Å²) in [5.74, 6) is 0.253. The lowest BCUT2D eigenvalue weighted by molar-refractivity contribution is -0.0130. The van der Waals surface area contributed by atoms with Crippen LogP contribution < -0.4 is 10.6 Å². The lowest BCUT2D eigenvalue weighted by Gasteiger charge is -2.35. The third-order valence-electron chi connectivity index (χ3n) is 4.46. The van der Waals surface area contributed by atoms with E-state index in [9.17, 15) is 18.7 Å². The molecule has 0 saturated heterocycles. The number of urea groups is 1. The van der Waals surface area contributed by atoms with Gasteiger partial charge in [-0.25, -0.2) is 9.78 Å². The second kappa shape index (κ2) is 7.72. The molecule has 1 aliphatic rings. The Balaban J connectivity index is 1.77. The summed E-state index contributed by atoms with van der Waals surface area (Å²) in [6, 6.07) is -0.509. The summed E-state index contributed by atoms with van der Waals surface area (Å²) in [6.07, 6.45) is 7.73. The predicted molar refractivity (Wildman–Crippen MR) is 80.9 cm³/mol. The molecule has 0 bridgehead atoms. The molecule has 1 unspecified atom stereocenters. The van der Waals surface area contributed by atoms with Crippen molar-refractivity contribution in [2.24, 2.45) is 5.92 Å². The molecule has 0 radical (unpaired) electrons. The highest BCUT2D eigenvalue weighted by Crippen LogP contribution is 2.32. The molecule has 2 amide bonds. The molecule has 1 saturated carbocycles. The van der Waals surface area contributed by atoms with Crippen LogP contribution in [0.3, 0.4) is 0 Å². The van der Waals surface area contributed by atoms with E-state index in [1.807, 2.05) is 0 Å². The van der Waals surface area contributed by atoms with E-state index in [1.165, 1.54) is 12.6 Å². The minimum atomic E-state index is -2.69. The monoisotopic (exact) mass is 330 g/mol. The highest BCUT2D eigenvalue weighted by molar-refractivity contribution is 5.73. The average molecular weight is 330 g/mol. The third-order valence-corrected chi connectivity index (χ3v) is 4.46. The number of hydrogen-bond donors (Lipinski definition) is 3. The van der Waals surface area contributed by atoms with Crippen LogP contribution in [0.25, 0.3) is 0 Å². The topological polar surface area (TPSA) is 79.2 Å². The Morgan fingerprint density at radius 2 is 2.13 bits per heavy atom. The minimum absolute atomic E-state index is 0.0780. The van der Waals surface area contributed by atoms with E-state index in [0.717, 1.165) is 31.9 Å². The van der Waals surface area contributed by atoms with Crippen LogP contribution in [-0.4, -0.2) is 32.8 Å². The maximum Gasteiger partial charge on any atom is 0.319 e. The van der Waals surface area contributed by atoms with Gasteiger partial charge in [-0.1, -0.05) is 19.3 Å². The molecule has 0 spiro atoms. The van der Waals surface area contributed by atoms with Crippen molar-refractivity contribution in [3.63, 3.8) is 0 Å². The number of halogens is 2. The second-order valence-corrected chi connectivity index (χ2v) is 6.26. The first kappa shape index (κ1) is 17.7. The molecule has 1 atom stereocenters. The summed E-state index contributed by atoms with van der Waals surface area (Å²) in [5, 5.41) is 15.6. The number of aliphatic hydroxyl groups is 1. The van der Waals surface area contributed by atoms with Gasteiger partial charge >= 0.3 is 12.6 Å². The summed E-state index contributed by atoms with van der Waals surface area (Å²) < 4.78 is 26.0. The van der Waals surface area contributed by atoms with Crippen molar-refractivity contribution < 1.29 is 18.7 Å². The molecule has 0 aliphatic heterocycles. The highest BCUT2D eigenvalue weighted by Gasteiger charge is 2.33. The lowest BCUT2D eigenvalue weighted by atomic mass is 9.78. The van der Waals surface area contributed by atoms with Gasteiger partial charge in [0.2, 0.25) is 0 Å². The van der Waals surface area contributed by atoms with Gasteiger partial charge in [0.25, 0.3) is 0 Å². The molecule has 23 heavy (non-hydrogen) atoms. The summed E-state index contributed by atoms with van der Waals surface area (Å²) >= 11 is 0. The number of carbonyl (C=O) groups excluding carboxylic acids is 1. The molecule has 8 heteroatoms. The van der Waals surface area contributed by atoms with Crippen molar-refractivity contribution >= 4 is 6.03 Å². The van der Waals surface area contributed by atoms with Gasteiger partial charge in [0.05, 0.1) is 12.1 Å². The quantitative estimate of drug-likeness (QED) is 0.749. The van der Waals surface area contributed by atoms with E-state index in [0.29, 0.717) is 4.57 Å². The molecule has 2 rings (SSSR count). The Kier molecular flexibility index (Phi) is 5.92. The van der Waals surface area contributed by atoms with Gasteiger partial charge in [-0.15, -0.1) is 0 Å². The smallest absolute Gasteiger partial charge is 0.319 e. The number of amides is 2. The number of aromatic nitrogens is 2. The van der Waals surface area contributed by atoms with E-state index in [-0.39, 0.29) is 24.8 Å². The lowest BCUT2D eigenvalue weighted by Crippen LogP contribution is -2.49. The standard InChI is InChI=1S/C15H24F2N4O2/c1-15(23,11-5-3-2-4-6-11)10-20-14(22)19-9-12-18-7-8-21(12)13(16)17/h7-8,11,13,23H,2-6,9-10H2,1H3,(H2,19,20,22). The summed E-state index contributed by atoms with van der Waals surface area (Å²) in [7, 11) is 0. The van der Waals surface area contributed by atoms with Crippen LogP contribution in [0.2, 0.25) is 0 Å². The van der Waals surface area contributed by atoms with Crippen LogP contribution in [-0.2, 0) is 6.54 Å². The van der Waals surface area contributed by atoms with Crippen LogP contribution >= 0.6 is 0 Å². The van der Waals surface area contributed by atoms with Gasteiger partial charge in [-0.05, 0) is 25.7 Å². The van der Waals surface area contributed by atoms with Crippen LogP contribution in [0.1, 0.15) is 51.4 Å². The van der Waals surface area contributed by atoms with E-state index in [2.05, 4.69) is 15.6 Å². The zero-order chi connectivity index (χ0) is 16.9. The summed E-state index contributed by atoms with van der Waals surface area (Å²) in [5.41, 5.74) is -0.959. The van der Waals surface area contributed by atoms with E-state index < -0.39 is 18.2 Å². The van der Waals surface area contributed by atoms with Gasteiger partial charge < -0.3 is 15.7 Å². The van der Waals surface area contributed by atoms with Crippen molar-refractivity contribution in [1.29, 1.82) is 0 Å². The van der Waals surface area contributed by atoms with Gasteiger partial charge in [0.15, 0.2) is 0 Å². The fourth-order valence-corrected chi connectivity index (χ4v) is 3.01. The summed E-state index contributed by atoms with van der Waals surface area (Å²) in [4.78, 5) is 15.6. The predicted octanol–water partition coefficient (Wildman–Crippen LogP) is 2.41. The van der Waals surface area contributed by atoms with Gasteiger partial charge in [-0.3, -0.25) is 4.57 Å². The first-order valence-corrected chi connectivity index (χ1v) is 7.94. The molecule has 3 N–H and O–H groups in total. The number of alkyl halides is 2. The van der Waals surface area contributed by atoms with E-state index >= 15 is 0 Å². The number of imidazole rings is 1. The molecule has 1 aromatic rings. The number of nitrogens with zero attached hydrogens (tertiary/aromatic N) is 2. The van der Waals surface area contributed by atoms with Crippen LogP contribution in [0, 0.1) is 5.92 Å². The van der Waals surface area contributed by atoms with Crippen LogP contribution in [0.15, 0.2) is 12.4 Å². The Hall–Kier alpha value is -1.70. The zero-order valence-electron chi connectivity index (χ0n) is 13.3. The first-order valence-electron chi connectivity index (χ1n) is 7.94. The SMILES string of the molecule is CC(O)(CNC(=O)NCc1nccn1C(F)F)C1CCCCC1. The fraction of sp³-hybridized carbons (Fsp3) is 0.733. The van der Waals surface area contributed by atoms with Crippen LogP contribution in [0.4, 0.5) is 13.6 Å². The number of rotatable bonds is 6. The second-order valence-electron chi connectivity index (χ2n) is 6.26. The number of hydrogen-bond acceptors (Lipinski definition) is 3. The van der Waals surface area contributed by atoms with Gasteiger partial charge in [0, 0.05) is 18.9 Å². The van der Waals surface area contributed by atoms with Crippen molar-refractivity contribution in [3.05, 3.63) is 18.2 Å². The Bertz CT molecular complexity index is 513. The number of carbonyl (C=O) groups is 1. The molecular formula is C15H24F2N4O2. The molecule has 1 fully saturated rings. The largest absolute Gasteiger partial charge is 0.388 e.